The van der Waals surface area contributed by atoms with Crippen molar-refractivity contribution in [3.05, 3.63) is 0 Å². The van der Waals surface area contributed by atoms with E-state index >= 15 is 0 Å². The molecule has 0 aliphatic rings. The van der Waals surface area contributed by atoms with E-state index in [1.54, 1.807) is 0 Å². The molecule has 76 valence electrons. The third kappa shape index (κ3) is 171. The van der Waals surface area contributed by atoms with E-state index < -0.39 is 0 Å². The average molecular weight is 693 g/mol. The van der Waals surface area contributed by atoms with Crippen LogP contribution in [0.1, 0.15) is 0 Å². The summed E-state index contributed by atoms with van der Waals surface area (Å²) in [5, 5.41) is 0. The van der Waals surface area contributed by atoms with E-state index in [2.05, 4.69) is 41.8 Å². The van der Waals surface area contributed by atoms with Gasteiger partial charge in [0.15, 0.2) is 0 Å². The molecule has 0 amide bonds. The molecular formula is H8BaGe4O4S4Zn. The molecule has 0 aromatic carbocycles. The molecule has 0 rings (SSSR count). The van der Waals surface area contributed by atoms with E-state index in [4.69, 9.17) is 0 Å². The Bertz CT molecular complexity index is 37.3. The molecule has 0 heterocycles. The summed E-state index contributed by atoms with van der Waals surface area (Å²) in [7, 11) is 16.6. The second-order valence-corrected chi connectivity index (χ2v) is 0. The molecule has 0 saturated heterocycles. The number of hydrogen-bond acceptors (Lipinski definition) is 8. The Morgan fingerprint density at radius 2 is 0.429 bits per heavy atom. The summed E-state index contributed by atoms with van der Waals surface area (Å²) in [6.45, 7) is 0. The van der Waals surface area contributed by atoms with Gasteiger partial charge in [0.05, 0.1) is 0 Å². The van der Waals surface area contributed by atoms with Gasteiger partial charge in [-0.3, -0.25) is 0 Å². The molecule has 0 fully saturated rings. The summed E-state index contributed by atoms with van der Waals surface area (Å²) in [4.78, 5) is 0. The van der Waals surface area contributed by atoms with Crippen molar-refractivity contribution in [2.75, 3.05) is 0 Å². The third-order valence-corrected chi connectivity index (χ3v) is 0. The summed E-state index contributed by atoms with van der Waals surface area (Å²) in [6, 6.07) is 0. The van der Waals surface area contributed by atoms with Gasteiger partial charge < -0.3 is 21.9 Å². The van der Waals surface area contributed by atoms with Crippen LogP contribution in [0.25, 0.3) is 0 Å². The SMILES string of the molecule is [Ba+2].[OH-].[OH-].[OH-].[OH-].[S]=[GeH].[S]=[GeH].[S]=[GeH].[S]=[GeH].[Zn+2]. The van der Waals surface area contributed by atoms with Crippen LogP contribution < -0.4 is 0 Å². The molecular weight excluding hydrogens is 685 g/mol. The van der Waals surface area contributed by atoms with Gasteiger partial charge >= 0.3 is 170 Å². The van der Waals surface area contributed by atoms with E-state index in [1.165, 1.54) is 59.4 Å². The van der Waals surface area contributed by atoms with Crippen LogP contribution in [0.2, 0.25) is 0 Å². The van der Waals surface area contributed by atoms with Crippen molar-refractivity contribution in [1.29, 1.82) is 0 Å². The minimum Gasteiger partial charge on any atom is 2.00 e. The first-order valence-electron chi connectivity index (χ1n) is 0.943. The molecule has 0 bridgehead atoms. The Kier molecular flexibility index (Phi) is 1100. The van der Waals surface area contributed by atoms with Crippen LogP contribution in [-0.4, -0.2) is 130 Å². The van der Waals surface area contributed by atoms with Crippen LogP contribution in [0.4, 0.5) is 0 Å². The van der Waals surface area contributed by atoms with Gasteiger partial charge in [0, 0.05) is 0 Å². The Morgan fingerprint density at radius 3 is 0.429 bits per heavy atom. The molecule has 0 unspecified atom stereocenters. The van der Waals surface area contributed by atoms with Crippen LogP contribution in [0.15, 0.2) is 0 Å². The first-order chi connectivity index (χ1) is 4.00. The minimum absolute atomic E-state index is 0. The summed E-state index contributed by atoms with van der Waals surface area (Å²) >= 11 is 5.08. The first-order valence-corrected chi connectivity index (χ1v) is 14.7. The molecule has 14 heavy (non-hydrogen) atoms. The van der Waals surface area contributed by atoms with Crippen molar-refractivity contribution in [3.63, 3.8) is 0 Å². The Labute approximate surface area is 187 Å². The van der Waals surface area contributed by atoms with Crippen molar-refractivity contribution in [3.8, 4) is 0 Å². The second kappa shape index (κ2) is 204. The summed E-state index contributed by atoms with van der Waals surface area (Å²) < 4.78 is 0. The summed E-state index contributed by atoms with van der Waals surface area (Å²) in [5.41, 5.74) is 0. The van der Waals surface area contributed by atoms with Crippen LogP contribution in [0.3, 0.4) is 0 Å². The van der Waals surface area contributed by atoms with Crippen molar-refractivity contribution in [1.82, 2.24) is 0 Å². The zero-order valence-electron chi connectivity index (χ0n) is 7.15. The maximum atomic E-state index is 4.15. The fraction of sp³-hybridized carbons (Fsp3) is 0. The number of hydrogen-bond donors (Lipinski definition) is 0. The van der Waals surface area contributed by atoms with Gasteiger partial charge in [-0.05, 0) is 0 Å². The topological polar surface area (TPSA) is 120 Å². The van der Waals surface area contributed by atoms with E-state index in [0.29, 0.717) is 0 Å². The van der Waals surface area contributed by atoms with Gasteiger partial charge in [0.1, 0.15) is 0 Å². The van der Waals surface area contributed by atoms with Gasteiger partial charge in [-0.15, -0.1) is 0 Å². The molecule has 0 aromatic heterocycles. The van der Waals surface area contributed by atoms with Crippen molar-refractivity contribution < 1.29 is 41.4 Å². The molecule has 14 heteroatoms. The largest absolute Gasteiger partial charge is 2.00 e. The van der Waals surface area contributed by atoms with Gasteiger partial charge in [0.2, 0.25) is 0 Å². The fourth-order valence-corrected chi connectivity index (χ4v) is 0. The standard InChI is InChI=1S/Ba.4GeHS.4H2O.Zn/c;4*1-2;;;;;/h;4*1H;4*1H2;/q+2;;;;;;;;;+2/p-4. The normalized spacial score (nSPS) is 1.14. The molecule has 4 radical (unpaired) electrons. The van der Waals surface area contributed by atoms with E-state index in [-0.39, 0.29) is 90.3 Å². The monoisotopic (exact) mass is 697 g/mol. The van der Waals surface area contributed by atoms with Gasteiger partial charge in [0.25, 0.3) is 0 Å². The van der Waals surface area contributed by atoms with Crippen LogP contribution >= 0.6 is 41.8 Å². The van der Waals surface area contributed by atoms with Crippen molar-refractivity contribution >= 4 is 150 Å². The van der Waals surface area contributed by atoms with E-state index in [1.807, 2.05) is 0 Å². The Hall–Kier alpha value is 5.09. The maximum absolute atomic E-state index is 4.15. The van der Waals surface area contributed by atoms with Crippen LogP contribution in [0.5, 0.6) is 0 Å². The third-order valence-electron chi connectivity index (χ3n) is 0. The van der Waals surface area contributed by atoms with Crippen LogP contribution in [-0.2, 0) is 19.5 Å². The molecule has 0 aromatic rings. The first kappa shape index (κ1) is 75.6. The Balaban J connectivity index is -0.00000000167. The molecule has 0 spiro atoms. The molecule has 4 N–H and O–H groups in total. The van der Waals surface area contributed by atoms with E-state index in [0.717, 1.165) is 0 Å². The zero-order chi connectivity index (χ0) is 8.00. The van der Waals surface area contributed by atoms with Crippen LogP contribution in [0, 0.1) is 0 Å². The molecule has 0 aliphatic carbocycles. The minimum atomic E-state index is 0. The molecule has 0 atom stereocenters. The Morgan fingerprint density at radius 1 is 0.429 bits per heavy atom. The molecule has 0 aliphatic heterocycles. The van der Waals surface area contributed by atoms with Crippen molar-refractivity contribution in [2.24, 2.45) is 0 Å². The number of rotatable bonds is 0. The predicted octanol–water partition coefficient (Wildman–Crippen LogP) is -1.09. The average Bonchev–Trinajstić information content (AvgIpc) is 2.03. The van der Waals surface area contributed by atoms with E-state index in [9.17, 15) is 0 Å². The fourth-order valence-electron chi connectivity index (χ4n) is 0. The van der Waals surface area contributed by atoms with Gasteiger partial charge in [-0.25, -0.2) is 0 Å². The second-order valence-electron chi connectivity index (χ2n) is 0. The van der Waals surface area contributed by atoms with Gasteiger partial charge in [-0.1, -0.05) is 0 Å². The molecule has 4 nitrogen and oxygen atoms in total. The maximum Gasteiger partial charge on any atom is 2.00 e. The summed E-state index contributed by atoms with van der Waals surface area (Å²) in [5.74, 6) is 0. The zero-order valence-corrected chi connectivity index (χ0v) is 27.5. The smallest absolute Gasteiger partial charge is 2.00 e. The quantitative estimate of drug-likeness (QED) is 0.294. The predicted molar refractivity (Wildman–Crippen MR) is 72.5 cm³/mol. The molecule has 0 saturated carbocycles. The van der Waals surface area contributed by atoms with Crippen molar-refractivity contribution in [2.45, 2.75) is 0 Å². The van der Waals surface area contributed by atoms with Gasteiger partial charge in [-0.2, -0.15) is 0 Å². The summed E-state index contributed by atoms with van der Waals surface area (Å²) in [6.07, 6.45) is 0.